The second-order valence-electron chi connectivity index (χ2n) is 6.24. The summed E-state index contributed by atoms with van der Waals surface area (Å²) in [5.74, 6) is -0.535. The van der Waals surface area contributed by atoms with E-state index in [1.807, 2.05) is 0 Å². The van der Waals surface area contributed by atoms with Crippen molar-refractivity contribution in [3.8, 4) is 0 Å². The number of nitro groups is 1. The predicted molar refractivity (Wildman–Crippen MR) is 102 cm³/mol. The molecule has 0 radical (unpaired) electrons. The van der Waals surface area contributed by atoms with Crippen LogP contribution < -0.4 is 10.2 Å². The van der Waals surface area contributed by atoms with Gasteiger partial charge in [0.15, 0.2) is 0 Å². The molecule has 0 atom stereocenters. The van der Waals surface area contributed by atoms with Crippen LogP contribution in [0.5, 0.6) is 0 Å². The number of para-hydroxylation sites is 1. The first-order valence-corrected chi connectivity index (χ1v) is 9.09. The lowest BCUT2D eigenvalue weighted by molar-refractivity contribution is -0.383. The molecule has 2 aromatic rings. The van der Waals surface area contributed by atoms with Crippen molar-refractivity contribution in [1.82, 2.24) is 9.97 Å². The molecule has 0 amide bonds. The maximum Gasteiger partial charge on any atom is 0.508 e. The first-order valence-electron chi connectivity index (χ1n) is 9.09. The number of piperidine rings is 1. The molecule has 1 aromatic heterocycles. The minimum Gasteiger partial charge on any atom is -0.435 e. The molecule has 2 heterocycles. The fourth-order valence-electron chi connectivity index (χ4n) is 3.02. The summed E-state index contributed by atoms with van der Waals surface area (Å²) in [4.78, 5) is 32.3. The summed E-state index contributed by atoms with van der Waals surface area (Å²) in [5, 5.41) is 14.4. The zero-order valence-electron chi connectivity index (χ0n) is 15.7. The standard InChI is InChI=1S/C18H20FN5O5/c1-2-28-18(25)29-12-7-9-23(10-8-12)17-15(24(26)27)16(20-11-21-17)22-14-6-4-3-5-13(14)19/h3-6,11-12H,2,7-10H2,1H3,(H,20,21,22). The minimum atomic E-state index is -0.727. The van der Waals surface area contributed by atoms with E-state index in [4.69, 9.17) is 9.47 Å². The minimum absolute atomic E-state index is 0.0711. The maximum absolute atomic E-state index is 13.9. The molecular formula is C18H20FN5O5. The summed E-state index contributed by atoms with van der Waals surface area (Å²) in [5.41, 5.74) is -0.276. The lowest BCUT2D eigenvalue weighted by atomic mass is 10.1. The molecule has 1 aliphatic heterocycles. The van der Waals surface area contributed by atoms with Gasteiger partial charge in [0.25, 0.3) is 0 Å². The second kappa shape index (κ2) is 9.13. The number of ether oxygens (including phenoxy) is 2. The third-order valence-electron chi connectivity index (χ3n) is 4.38. The predicted octanol–water partition coefficient (Wildman–Crippen LogP) is 3.41. The van der Waals surface area contributed by atoms with Gasteiger partial charge in [-0.05, 0) is 19.1 Å². The first kappa shape index (κ1) is 20.2. The van der Waals surface area contributed by atoms with Gasteiger partial charge < -0.3 is 19.7 Å². The largest absolute Gasteiger partial charge is 0.508 e. The van der Waals surface area contributed by atoms with Gasteiger partial charge in [0.2, 0.25) is 11.6 Å². The van der Waals surface area contributed by atoms with Gasteiger partial charge in [0.05, 0.1) is 17.2 Å². The monoisotopic (exact) mass is 405 g/mol. The van der Waals surface area contributed by atoms with Crippen LogP contribution in [0.3, 0.4) is 0 Å². The number of halogens is 1. The molecule has 0 aliphatic carbocycles. The van der Waals surface area contributed by atoms with E-state index in [-0.39, 0.29) is 35.7 Å². The van der Waals surface area contributed by atoms with Crippen LogP contribution in [0.2, 0.25) is 0 Å². The van der Waals surface area contributed by atoms with Crippen molar-refractivity contribution in [3.63, 3.8) is 0 Å². The molecule has 0 bridgehead atoms. The van der Waals surface area contributed by atoms with Gasteiger partial charge in [-0.1, -0.05) is 12.1 Å². The molecule has 10 nitrogen and oxygen atoms in total. The van der Waals surface area contributed by atoms with E-state index in [0.29, 0.717) is 25.9 Å². The van der Waals surface area contributed by atoms with Crippen LogP contribution >= 0.6 is 0 Å². The van der Waals surface area contributed by atoms with E-state index < -0.39 is 16.9 Å². The van der Waals surface area contributed by atoms with Crippen molar-refractivity contribution in [2.24, 2.45) is 0 Å². The van der Waals surface area contributed by atoms with Gasteiger partial charge >= 0.3 is 11.8 Å². The molecule has 0 saturated carbocycles. The first-order chi connectivity index (χ1) is 14.0. The van der Waals surface area contributed by atoms with Gasteiger partial charge in [-0.3, -0.25) is 10.1 Å². The van der Waals surface area contributed by atoms with E-state index in [9.17, 15) is 19.3 Å². The number of nitrogens with zero attached hydrogens (tertiary/aromatic N) is 4. The SMILES string of the molecule is CCOC(=O)OC1CCN(c2ncnc(Nc3ccccc3F)c2[N+](=O)[O-])CC1. The Bertz CT molecular complexity index is 889. The van der Waals surface area contributed by atoms with Crippen molar-refractivity contribution in [3.05, 3.63) is 46.5 Å². The highest BCUT2D eigenvalue weighted by Crippen LogP contribution is 2.35. The third-order valence-corrected chi connectivity index (χ3v) is 4.38. The highest BCUT2D eigenvalue weighted by molar-refractivity contribution is 5.74. The Hall–Kier alpha value is -3.50. The maximum atomic E-state index is 13.9. The molecular weight excluding hydrogens is 385 g/mol. The van der Waals surface area contributed by atoms with Gasteiger partial charge in [0.1, 0.15) is 18.2 Å². The third kappa shape index (κ3) is 4.86. The number of carbonyl (C=O) groups excluding carboxylic acids is 1. The quantitative estimate of drug-likeness (QED) is 0.438. The Morgan fingerprint density at radius 3 is 2.72 bits per heavy atom. The number of benzene rings is 1. The normalized spacial score (nSPS) is 14.3. The van der Waals surface area contributed by atoms with Crippen molar-refractivity contribution >= 4 is 29.2 Å². The zero-order valence-corrected chi connectivity index (χ0v) is 15.7. The topological polar surface area (TPSA) is 120 Å². The van der Waals surface area contributed by atoms with E-state index in [1.165, 1.54) is 24.5 Å². The van der Waals surface area contributed by atoms with Crippen LogP contribution in [0.15, 0.2) is 30.6 Å². The highest BCUT2D eigenvalue weighted by atomic mass is 19.1. The summed E-state index contributed by atoms with van der Waals surface area (Å²) in [7, 11) is 0. The van der Waals surface area contributed by atoms with Crippen molar-refractivity contribution in [2.45, 2.75) is 25.9 Å². The van der Waals surface area contributed by atoms with Gasteiger partial charge in [-0.25, -0.2) is 19.2 Å². The Labute approximate surface area is 165 Å². The summed E-state index contributed by atoms with van der Waals surface area (Å²) >= 11 is 0. The van der Waals surface area contributed by atoms with E-state index in [2.05, 4.69) is 15.3 Å². The van der Waals surface area contributed by atoms with Crippen LogP contribution in [-0.2, 0) is 9.47 Å². The van der Waals surface area contributed by atoms with Crippen LogP contribution in [0.1, 0.15) is 19.8 Å². The summed E-state index contributed by atoms with van der Waals surface area (Å²) < 4.78 is 23.9. The number of rotatable bonds is 6. The van der Waals surface area contributed by atoms with E-state index in [1.54, 1.807) is 17.9 Å². The smallest absolute Gasteiger partial charge is 0.435 e. The van der Waals surface area contributed by atoms with E-state index in [0.717, 1.165) is 0 Å². The number of carbonyl (C=O) groups is 1. The number of hydrogen-bond donors (Lipinski definition) is 1. The lowest BCUT2D eigenvalue weighted by Crippen LogP contribution is -2.38. The molecule has 1 saturated heterocycles. The van der Waals surface area contributed by atoms with Gasteiger partial charge in [-0.15, -0.1) is 0 Å². The van der Waals surface area contributed by atoms with E-state index >= 15 is 0 Å². The summed E-state index contributed by atoms with van der Waals surface area (Å²) in [6.07, 6.45) is 1.07. The molecule has 1 fully saturated rings. The molecule has 0 spiro atoms. The van der Waals surface area contributed by atoms with Crippen molar-refractivity contribution in [2.75, 3.05) is 29.9 Å². The Morgan fingerprint density at radius 1 is 1.34 bits per heavy atom. The highest BCUT2D eigenvalue weighted by Gasteiger charge is 2.31. The molecule has 11 heteroatoms. The van der Waals surface area contributed by atoms with Crippen LogP contribution in [0, 0.1) is 15.9 Å². The molecule has 154 valence electrons. The van der Waals surface area contributed by atoms with Crippen LogP contribution in [-0.4, -0.2) is 46.8 Å². The average Bonchev–Trinajstić information content (AvgIpc) is 2.70. The molecule has 1 N–H and O–H groups in total. The van der Waals surface area contributed by atoms with Gasteiger partial charge in [0, 0.05) is 25.9 Å². The van der Waals surface area contributed by atoms with Crippen molar-refractivity contribution < 1.29 is 23.6 Å². The number of nitrogens with one attached hydrogen (secondary N) is 1. The molecule has 0 unspecified atom stereocenters. The number of anilines is 3. The second-order valence-corrected chi connectivity index (χ2v) is 6.24. The Kier molecular flexibility index (Phi) is 6.37. The average molecular weight is 405 g/mol. The zero-order chi connectivity index (χ0) is 20.8. The molecule has 1 aromatic carbocycles. The fraction of sp³-hybridized carbons (Fsp3) is 0.389. The molecule has 29 heavy (non-hydrogen) atoms. The summed E-state index contributed by atoms with van der Waals surface area (Å²) in [6.45, 7) is 2.69. The molecule has 1 aliphatic rings. The number of aromatic nitrogens is 2. The Morgan fingerprint density at radius 2 is 2.07 bits per heavy atom. The van der Waals surface area contributed by atoms with Crippen LogP contribution in [0.25, 0.3) is 0 Å². The van der Waals surface area contributed by atoms with Crippen LogP contribution in [0.4, 0.5) is 32.2 Å². The van der Waals surface area contributed by atoms with Crippen molar-refractivity contribution in [1.29, 1.82) is 0 Å². The summed E-state index contributed by atoms with van der Waals surface area (Å²) in [6, 6.07) is 5.82. The molecule has 3 rings (SSSR count). The lowest BCUT2D eigenvalue weighted by Gasteiger charge is -2.31. The number of hydrogen-bond acceptors (Lipinski definition) is 9. The van der Waals surface area contributed by atoms with Gasteiger partial charge in [-0.2, -0.15) is 0 Å². The fourth-order valence-corrected chi connectivity index (χ4v) is 3.02. The Balaban J connectivity index is 1.77.